The van der Waals surface area contributed by atoms with Gasteiger partial charge in [-0.15, -0.1) is 0 Å². The van der Waals surface area contributed by atoms with Crippen LogP contribution in [-0.4, -0.2) is 55.6 Å². The molecule has 0 aromatic heterocycles. The summed E-state index contributed by atoms with van der Waals surface area (Å²) in [4.78, 5) is 11.4. The number of carbonyl (C=O) groups is 1. The van der Waals surface area contributed by atoms with Crippen LogP contribution >= 0.6 is 0 Å². The Hall–Kier alpha value is -0.700. The minimum atomic E-state index is -3.44. The first kappa shape index (κ1) is 16.3. The van der Waals surface area contributed by atoms with Crippen LogP contribution in [0.3, 0.4) is 0 Å². The number of sulfonamides is 1. The third-order valence-corrected chi connectivity index (χ3v) is 3.60. The zero-order valence-electron chi connectivity index (χ0n) is 10.0. The Balaban J connectivity index is 4.14. The van der Waals surface area contributed by atoms with E-state index in [2.05, 4.69) is 10.0 Å². The second kappa shape index (κ2) is 7.59. The van der Waals surface area contributed by atoms with Gasteiger partial charge in [0.25, 0.3) is 0 Å². The van der Waals surface area contributed by atoms with Gasteiger partial charge >= 0.3 is 0 Å². The van der Waals surface area contributed by atoms with E-state index in [1.807, 2.05) is 0 Å². The summed E-state index contributed by atoms with van der Waals surface area (Å²) in [6.07, 6.45) is -0.578. The van der Waals surface area contributed by atoms with E-state index < -0.39 is 34.7 Å². The molecule has 0 spiro atoms. The van der Waals surface area contributed by atoms with E-state index >= 15 is 0 Å². The Morgan fingerprint density at radius 3 is 2.47 bits per heavy atom. The Morgan fingerprint density at radius 2 is 2.00 bits per heavy atom. The van der Waals surface area contributed by atoms with Crippen molar-refractivity contribution in [1.29, 1.82) is 0 Å². The second-order valence-electron chi connectivity index (χ2n) is 3.74. The molecule has 7 nitrogen and oxygen atoms in total. The fraction of sp³-hybridized carbons (Fsp3) is 0.889. The van der Waals surface area contributed by atoms with Crippen LogP contribution in [0, 0.1) is 0 Å². The van der Waals surface area contributed by atoms with E-state index in [9.17, 15) is 13.2 Å². The molecule has 8 heteroatoms. The Morgan fingerprint density at radius 1 is 1.41 bits per heavy atom. The standard InChI is InChI=1S/C9H20N2O5S/c1-3-4-17(15,16)11-7(2)9(14)10-5-8(13)6-12/h7-8,11-13H,3-6H2,1-2H3,(H,10,14). The molecule has 0 aliphatic rings. The molecule has 4 N–H and O–H groups in total. The second-order valence-corrected chi connectivity index (χ2v) is 5.61. The highest BCUT2D eigenvalue weighted by Crippen LogP contribution is 1.93. The minimum Gasteiger partial charge on any atom is -0.394 e. The molecule has 0 saturated carbocycles. The summed E-state index contributed by atoms with van der Waals surface area (Å²) in [5.41, 5.74) is 0. The van der Waals surface area contributed by atoms with Gasteiger partial charge in [-0.3, -0.25) is 4.79 Å². The molecule has 102 valence electrons. The van der Waals surface area contributed by atoms with Gasteiger partial charge in [-0.05, 0) is 13.3 Å². The predicted molar refractivity (Wildman–Crippen MR) is 62.8 cm³/mol. The van der Waals surface area contributed by atoms with Gasteiger partial charge in [0, 0.05) is 6.54 Å². The van der Waals surface area contributed by atoms with Crippen molar-refractivity contribution in [3.8, 4) is 0 Å². The van der Waals surface area contributed by atoms with E-state index in [0.29, 0.717) is 6.42 Å². The number of amides is 1. The molecule has 0 fully saturated rings. The lowest BCUT2D eigenvalue weighted by Gasteiger charge is -2.15. The smallest absolute Gasteiger partial charge is 0.237 e. The molecule has 1 amide bonds. The van der Waals surface area contributed by atoms with Crippen molar-refractivity contribution >= 4 is 15.9 Å². The van der Waals surface area contributed by atoms with E-state index in [0.717, 1.165) is 0 Å². The lowest BCUT2D eigenvalue weighted by molar-refractivity contribution is -0.122. The zero-order valence-corrected chi connectivity index (χ0v) is 10.8. The van der Waals surface area contributed by atoms with Gasteiger partial charge in [-0.25, -0.2) is 13.1 Å². The SMILES string of the molecule is CCCS(=O)(=O)NC(C)C(=O)NCC(O)CO. The normalized spacial score (nSPS) is 15.3. The molecule has 0 aliphatic carbocycles. The van der Waals surface area contributed by atoms with Crippen molar-refractivity contribution in [1.82, 2.24) is 10.0 Å². The molecule has 0 radical (unpaired) electrons. The highest BCUT2D eigenvalue weighted by molar-refractivity contribution is 7.89. The van der Waals surface area contributed by atoms with E-state index in [1.165, 1.54) is 6.92 Å². The number of hydrogen-bond acceptors (Lipinski definition) is 5. The first-order chi connectivity index (χ1) is 7.82. The summed E-state index contributed by atoms with van der Waals surface area (Å²) in [5.74, 6) is -0.582. The first-order valence-electron chi connectivity index (χ1n) is 5.39. The molecular formula is C9H20N2O5S. The summed E-state index contributed by atoms with van der Waals surface area (Å²) < 4.78 is 24.9. The van der Waals surface area contributed by atoms with Crippen molar-refractivity contribution in [2.24, 2.45) is 0 Å². The van der Waals surface area contributed by atoms with Gasteiger partial charge in [0.15, 0.2) is 0 Å². The summed E-state index contributed by atoms with van der Waals surface area (Å²) in [7, 11) is -3.44. The van der Waals surface area contributed by atoms with Crippen molar-refractivity contribution < 1.29 is 23.4 Å². The number of aliphatic hydroxyl groups excluding tert-OH is 2. The van der Waals surface area contributed by atoms with Gasteiger partial charge in [0.2, 0.25) is 15.9 Å². The lowest BCUT2D eigenvalue weighted by Crippen LogP contribution is -2.47. The molecule has 0 heterocycles. The fourth-order valence-corrected chi connectivity index (χ4v) is 2.39. The highest BCUT2D eigenvalue weighted by Gasteiger charge is 2.19. The first-order valence-corrected chi connectivity index (χ1v) is 7.04. The van der Waals surface area contributed by atoms with E-state index in [1.54, 1.807) is 6.92 Å². The highest BCUT2D eigenvalue weighted by atomic mass is 32.2. The third kappa shape index (κ3) is 7.27. The largest absolute Gasteiger partial charge is 0.394 e. The molecule has 2 unspecified atom stereocenters. The van der Waals surface area contributed by atoms with Crippen LogP contribution in [0.2, 0.25) is 0 Å². The van der Waals surface area contributed by atoms with Crippen LogP contribution < -0.4 is 10.0 Å². The van der Waals surface area contributed by atoms with Gasteiger partial charge in [-0.2, -0.15) is 0 Å². The van der Waals surface area contributed by atoms with Crippen LogP contribution in [0.15, 0.2) is 0 Å². The average molecular weight is 268 g/mol. The average Bonchev–Trinajstić information content (AvgIpc) is 2.24. The molecule has 0 aliphatic heterocycles. The van der Waals surface area contributed by atoms with Crippen LogP contribution in [0.1, 0.15) is 20.3 Å². The Kier molecular flexibility index (Phi) is 7.28. The van der Waals surface area contributed by atoms with Crippen LogP contribution in [-0.2, 0) is 14.8 Å². The number of carbonyl (C=O) groups excluding carboxylic acids is 1. The lowest BCUT2D eigenvalue weighted by atomic mass is 10.3. The van der Waals surface area contributed by atoms with Gasteiger partial charge in [0.1, 0.15) is 0 Å². The molecule has 0 bridgehead atoms. The van der Waals surface area contributed by atoms with Gasteiger partial charge < -0.3 is 15.5 Å². The number of rotatable bonds is 8. The number of nitrogens with one attached hydrogen (secondary N) is 2. The van der Waals surface area contributed by atoms with Crippen molar-refractivity contribution in [2.45, 2.75) is 32.4 Å². The van der Waals surface area contributed by atoms with Crippen LogP contribution in [0.5, 0.6) is 0 Å². The molecule has 0 aromatic carbocycles. The summed E-state index contributed by atoms with van der Waals surface area (Å²) >= 11 is 0. The van der Waals surface area contributed by atoms with Gasteiger partial charge in [-0.1, -0.05) is 6.92 Å². The Labute approximate surface area is 101 Å². The summed E-state index contributed by atoms with van der Waals surface area (Å²) in [5, 5.41) is 19.9. The quantitative estimate of drug-likeness (QED) is 0.413. The molecular weight excluding hydrogens is 248 g/mol. The van der Waals surface area contributed by atoms with Crippen LogP contribution in [0.4, 0.5) is 0 Å². The predicted octanol–water partition coefficient (Wildman–Crippen LogP) is -1.83. The maximum Gasteiger partial charge on any atom is 0.237 e. The van der Waals surface area contributed by atoms with Crippen LogP contribution in [0.25, 0.3) is 0 Å². The molecule has 0 saturated heterocycles. The van der Waals surface area contributed by atoms with E-state index in [-0.39, 0.29) is 12.3 Å². The molecule has 0 aromatic rings. The fourth-order valence-electron chi connectivity index (χ4n) is 1.09. The number of aliphatic hydroxyl groups is 2. The summed E-state index contributed by atoms with van der Waals surface area (Å²) in [6, 6.07) is -0.905. The topological polar surface area (TPSA) is 116 Å². The minimum absolute atomic E-state index is 0.0378. The van der Waals surface area contributed by atoms with Crippen molar-refractivity contribution in [2.75, 3.05) is 18.9 Å². The summed E-state index contributed by atoms with van der Waals surface area (Å²) in [6.45, 7) is 2.56. The van der Waals surface area contributed by atoms with Crippen molar-refractivity contribution in [3.05, 3.63) is 0 Å². The zero-order chi connectivity index (χ0) is 13.5. The van der Waals surface area contributed by atoms with Crippen molar-refractivity contribution in [3.63, 3.8) is 0 Å². The van der Waals surface area contributed by atoms with Gasteiger partial charge in [0.05, 0.1) is 24.5 Å². The maximum absolute atomic E-state index is 11.4. The monoisotopic (exact) mass is 268 g/mol. The third-order valence-electron chi connectivity index (χ3n) is 1.95. The molecule has 17 heavy (non-hydrogen) atoms. The van der Waals surface area contributed by atoms with E-state index in [4.69, 9.17) is 10.2 Å². The molecule has 0 rings (SSSR count). The molecule has 2 atom stereocenters. The maximum atomic E-state index is 11.4. The number of hydrogen-bond donors (Lipinski definition) is 4. The Bertz CT molecular complexity index is 330.